The zero-order valence-electron chi connectivity index (χ0n) is 15.0. The number of primary amides is 1. The summed E-state index contributed by atoms with van der Waals surface area (Å²) in [5.41, 5.74) is 9.40. The number of fused-ring (bicyclic) bond motifs is 3. The van der Waals surface area contributed by atoms with Crippen molar-refractivity contribution in [3.8, 4) is 11.1 Å². The summed E-state index contributed by atoms with van der Waals surface area (Å²) < 4.78 is 5.33. The minimum atomic E-state index is -1.20. The number of benzene rings is 2. The fourth-order valence-corrected chi connectivity index (χ4v) is 4.02. The van der Waals surface area contributed by atoms with Crippen LogP contribution in [0.5, 0.6) is 0 Å². The van der Waals surface area contributed by atoms with Crippen molar-refractivity contribution in [2.24, 2.45) is 5.73 Å². The number of rotatable bonds is 8. The summed E-state index contributed by atoms with van der Waals surface area (Å²) in [5, 5.41) is 11.6. The van der Waals surface area contributed by atoms with Crippen LogP contribution in [0.3, 0.4) is 0 Å². The summed E-state index contributed by atoms with van der Waals surface area (Å²) in [6, 6.07) is 14.7. The third kappa shape index (κ3) is 4.45. The molecular formula is C20H20N2O5S. The summed E-state index contributed by atoms with van der Waals surface area (Å²) in [6.45, 7) is 0.0978. The maximum absolute atomic E-state index is 12.1. The molecular weight excluding hydrogens is 380 g/mol. The average Bonchev–Trinajstić information content (AvgIpc) is 2.99. The molecule has 0 saturated carbocycles. The van der Waals surface area contributed by atoms with Crippen molar-refractivity contribution < 1.29 is 24.2 Å². The van der Waals surface area contributed by atoms with Crippen LogP contribution in [0, 0.1) is 0 Å². The van der Waals surface area contributed by atoms with E-state index in [0.717, 1.165) is 34.0 Å². The number of thioether (sulfide) groups is 1. The predicted octanol–water partition coefficient (Wildman–Crippen LogP) is 2.20. The lowest BCUT2D eigenvalue weighted by Gasteiger charge is -2.17. The van der Waals surface area contributed by atoms with Crippen molar-refractivity contribution >= 4 is 29.7 Å². The monoisotopic (exact) mass is 400 g/mol. The van der Waals surface area contributed by atoms with E-state index in [-0.39, 0.29) is 24.0 Å². The molecule has 1 aliphatic rings. The van der Waals surface area contributed by atoms with Crippen molar-refractivity contribution in [1.29, 1.82) is 0 Å². The first-order valence-electron chi connectivity index (χ1n) is 8.67. The summed E-state index contributed by atoms with van der Waals surface area (Å²) in [4.78, 5) is 34.2. The Labute approximate surface area is 166 Å². The molecule has 2 aromatic rings. The number of ether oxygens (including phenoxy) is 1. The van der Waals surface area contributed by atoms with Crippen LogP contribution in [0.1, 0.15) is 17.0 Å². The number of carbonyl (C=O) groups excluding carboxylic acids is 2. The topological polar surface area (TPSA) is 119 Å². The van der Waals surface area contributed by atoms with Crippen molar-refractivity contribution in [3.05, 3.63) is 59.7 Å². The summed E-state index contributed by atoms with van der Waals surface area (Å²) in [6.07, 6.45) is -0.811. The lowest BCUT2D eigenvalue weighted by molar-refractivity contribution is -0.138. The van der Waals surface area contributed by atoms with Crippen LogP contribution in [-0.4, -0.2) is 47.2 Å². The van der Waals surface area contributed by atoms with Gasteiger partial charge in [-0.1, -0.05) is 48.5 Å². The molecule has 0 bridgehead atoms. The van der Waals surface area contributed by atoms with Crippen LogP contribution >= 0.6 is 11.8 Å². The summed E-state index contributed by atoms with van der Waals surface area (Å²) in [5.74, 6) is -1.86. The Morgan fingerprint density at radius 3 is 2.18 bits per heavy atom. The standard InChI is InChI=1S/C20H20N2O5S/c21-18(23)11-28-10-17(19(24)25)22-20(26)27-9-16-14-7-3-1-5-12(14)13-6-2-4-8-15(13)16/h1-8,16-17H,9-11H2,(H2,21,23)(H,22,26)(H,24,25)/t17-/m0/s1. The van der Waals surface area contributed by atoms with Crippen molar-refractivity contribution in [2.45, 2.75) is 12.0 Å². The fraction of sp³-hybridized carbons (Fsp3) is 0.250. The second kappa shape index (κ2) is 8.79. The van der Waals surface area contributed by atoms with E-state index in [9.17, 15) is 19.5 Å². The maximum Gasteiger partial charge on any atom is 0.407 e. The third-order valence-corrected chi connectivity index (χ3v) is 5.52. The largest absolute Gasteiger partial charge is 0.480 e. The molecule has 0 saturated heterocycles. The quantitative estimate of drug-likeness (QED) is 0.625. The predicted molar refractivity (Wildman–Crippen MR) is 106 cm³/mol. The minimum Gasteiger partial charge on any atom is -0.480 e. The second-order valence-corrected chi connectivity index (χ2v) is 7.37. The first-order valence-corrected chi connectivity index (χ1v) is 9.83. The molecule has 2 amide bonds. The van der Waals surface area contributed by atoms with E-state index in [1.807, 2.05) is 48.5 Å². The van der Waals surface area contributed by atoms with Crippen LogP contribution in [-0.2, 0) is 14.3 Å². The van der Waals surface area contributed by atoms with E-state index in [0.29, 0.717) is 0 Å². The molecule has 4 N–H and O–H groups in total. The third-order valence-electron chi connectivity index (χ3n) is 4.46. The molecule has 0 radical (unpaired) electrons. The van der Waals surface area contributed by atoms with E-state index in [4.69, 9.17) is 10.5 Å². The van der Waals surface area contributed by atoms with Gasteiger partial charge in [-0.05, 0) is 22.3 Å². The van der Waals surface area contributed by atoms with Crippen LogP contribution in [0.15, 0.2) is 48.5 Å². The Balaban J connectivity index is 1.62. The highest BCUT2D eigenvalue weighted by Crippen LogP contribution is 2.44. The molecule has 0 heterocycles. The first-order chi connectivity index (χ1) is 13.5. The fourth-order valence-electron chi connectivity index (χ4n) is 3.23. The zero-order valence-corrected chi connectivity index (χ0v) is 15.8. The molecule has 1 aliphatic carbocycles. The van der Waals surface area contributed by atoms with E-state index in [1.54, 1.807) is 0 Å². The van der Waals surface area contributed by atoms with Gasteiger partial charge in [-0.3, -0.25) is 4.79 Å². The van der Waals surface area contributed by atoms with Gasteiger partial charge in [-0.15, -0.1) is 11.8 Å². The molecule has 0 aliphatic heterocycles. The number of carboxylic acid groups (broad SMARTS) is 1. The molecule has 0 spiro atoms. The van der Waals surface area contributed by atoms with Crippen molar-refractivity contribution in [2.75, 3.05) is 18.1 Å². The highest BCUT2D eigenvalue weighted by atomic mass is 32.2. The Bertz CT molecular complexity index is 856. The molecule has 0 unspecified atom stereocenters. The van der Waals surface area contributed by atoms with Gasteiger partial charge < -0.3 is 20.9 Å². The van der Waals surface area contributed by atoms with Gasteiger partial charge >= 0.3 is 12.1 Å². The van der Waals surface area contributed by atoms with Crippen molar-refractivity contribution in [3.63, 3.8) is 0 Å². The summed E-state index contributed by atoms with van der Waals surface area (Å²) in [7, 11) is 0. The Morgan fingerprint density at radius 1 is 1.07 bits per heavy atom. The number of alkyl carbamates (subject to hydrolysis) is 1. The molecule has 8 heteroatoms. The number of amides is 2. The van der Waals surface area contributed by atoms with Gasteiger partial charge in [0, 0.05) is 11.7 Å². The normalized spacial score (nSPS) is 13.3. The number of hydrogen-bond acceptors (Lipinski definition) is 5. The van der Waals surface area contributed by atoms with Crippen LogP contribution < -0.4 is 11.1 Å². The van der Waals surface area contributed by atoms with E-state index < -0.39 is 24.0 Å². The number of carbonyl (C=O) groups is 3. The molecule has 7 nitrogen and oxygen atoms in total. The highest BCUT2D eigenvalue weighted by molar-refractivity contribution is 8.00. The Kier molecular flexibility index (Phi) is 6.20. The average molecular weight is 400 g/mol. The maximum atomic E-state index is 12.1. The lowest BCUT2D eigenvalue weighted by atomic mass is 9.98. The van der Waals surface area contributed by atoms with Gasteiger partial charge in [0.1, 0.15) is 12.6 Å². The number of aliphatic carboxylic acids is 1. The number of carboxylic acids is 1. The van der Waals surface area contributed by atoms with E-state index in [1.165, 1.54) is 0 Å². The van der Waals surface area contributed by atoms with Gasteiger partial charge in [0.2, 0.25) is 5.91 Å². The van der Waals surface area contributed by atoms with Crippen LogP contribution in [0.2, 0.25) is 0 Å². The van der Waals surface area contributed by atoms with Gasteiger partial charge in [0.25, 0.3) is 0 Å². The molecule has 28 heavy (non-hydrogen) atoms. The summed E-state index contributed by atoms with van der Waals surface area (Å²) >= 11 is 1.04. The second-order valence-electron chi connectivity index (χ2n) is 6.34. The molecule has 146 valence electrons. The van der Waals surface area contributed by atoms with Gasteiger partial charge in [-0.25, -0.2) is 9.59 Å². The van der Waals surface area contributed by atoms with E-state index >= 15 is 0 Å². The molecule has 0 aromatic heterocycles. The molecule has 1 atom stereocenters. The smallest absolute Gasteiger partial charge is 0.407 e. The number of nitrogens with one attached hydrogen (secondary N) is 1. The Hall–Kier alpha value is -3.00. The van der Waals surface area contributed by atoms with Crippen LogP contribution in [0.25, 0.3) is 11.1 Å². The van der Waals surface area contributed by atoms with Gasteiger partial charge in [0.15, 0.2) is 0 Å². The lowest BCUT2D eigenvalue weighted by Crippen LogP contribution is -2.43. The Morgan fingerprint density at radius 2 is 1.64 bits per heavy atom. The minimum absolute atomic E-state index is 0.0163. The molecule has 2 aromatic carbocycles. The number of nitrogens with two attached hydrogens (primary N) is 1. The SMILES string of the molecule is NC(=O)CSC[C@H](NC(=O)OCC1c2ccccc2-c2ccccc21)C(=O)O. The van der Waals surface area contributed by atoms with E-state index in [2.05, 4.69) is 5.32 Å². The first kappa shape index (κ1) is 19.8. The van der Waals surface area contributed by atoms with Gasteiger partial charge in [-0.2, -0.15) is 0 Å². The van der Waals surface area contributed by atoms with Gasteiger partial charge in [0.05, 0.1) is 5.75 Å². The zero-order chi connectivity index (χ0) is 20.1. The molecule has 3 rings (SSSR count). The molecule has 0 fully saturated rings. The van der Waals surface area contributed by atoms with Crippen molar-refractivity contribution in [1.82, 2.24) is 5.32 Å². The highest BCUT2D eigenvalue weighted by Gasteiger charge is 2.29. The number of hydrogen-bond donors (Lipinski definition) is 3. The van der Waals surface area contributed by atoms with Crippen LogP contribution in [0.4, 0.5) is 4.79 Å².